The van der Waals surface area contributed by atoms with Crippen LogP contribution >= 0.6 is 0 Å². The molecule has 2 bridgehead atoms. The molecule has 0 saturated carbocycles. The van der Waals surface area contributed by atoms with Crippen molar-refractivity contribution in [2.45, 2.75) is 24.4 Å². The average molecular weight is 200 g/mol. The molecule has 2 saturated heterocycles. The van der Waals surface area contributed by atoms with Crippen LogP contribution in [0.5, 0.6) is 0 Å². The SMILES string of the molecule is COC[C@@]12CC[C@@H](CN(C(=O)O)C1)N2. The third-order valence-corrected chi connectivity index (χ3v) is 3.11. The van der Waals surface area contributed by atoms with Crippen molar-refractivity contribution in [3.63, 3.8) is 0 Å². The van der Waals surface area contributed by atoms with Gasteiger partial charge in [-0.2, -0.15) is 0 Å². The normalized spacial score (nSPS) is 36.1. The number of nitrogens with one attached hydrogen (secondary N) is 1. The Hall–Kier alpha value is -0.810. The van der Waals surface area contributed by atoms with Gasteiger partial charge in [0.15, 0.2) is 0 Å². The van der Waals surface area contributed by atoms with Gasteiger partial charge in [-0.05, 0) is 12.8 Å². The lowest BCUT2D eigenvalue weighted by atomic mass is 9.98. The molecule has 2 aliphatic heterocycles. The predicted octanol–water partition coefficient (Wildman–Crippen LogP) is 0.117. The maximum absolute atomic E-state index is 10.9. The van der Waals surface area contributed by atoms with E-state index in [2.05, 4.69) is 5.32 Å². The van der Waals surface area contributed by atoms with E-state index in [1.807, 2.05) is 0 Å². The van der Waals surface area contributed by atoms with Crippen molar-refractivity contribution < 1.29 is 14.6 Å². The molecule has 0 radical (unpaired) electrons. The van der Waals surface area contributed by atoms with Crippen molar-refractivity contribution in [2.24, 2.45) is 0 Å². The molecule has 0 aromatic carbocycles. The van der Waals surface area contributed by atoms with Crippen molar-refractivity contribution in [1.29, 1.82) is 0 Å². The smallest absolute Gasteiger partial charge is 0.407 e. The van der Waals surface area contributed by atoms with Crippen LogP contribution in [0.25, 0.3) is 0 Å². The molecule has 0 aromatic heterocycles. The fourth-order valence-electron chi connectivity index (χ4n) is 2.57. The lowest BCUT2D eigenvalue weighted by molar-refractivity contribution is 0.0593. The Kier molecular flexibility index (Phi) is 2.36. The lowest BCUT2D eigenvalue weighted by Crippen LogP contribution is -2.62. The number of methoxy groups -OCH3 is 1. The molecule has 0 spiro atoms. The number of ether oxygens (including phenoxy) is 1. The molecule has 2 atom stereocenters. The summed E-state index contributed by atoms with van der Waals surface area (Å²) in [6.45, 7) is 1.75. The minimum absolute atomic E-state index is 0.129. The summed E-state index contributed by atoms with van der Waals surface area (Å²) in [5.41, 5.74) is -0.129. The quantitative estimate of drug-likeness (QED) is 0.664. The van der Waals surface area contributed by atoms with Crippen molar-refractivity contribution in [1.82, 2.24) is 10.2 Å². The third kappa shape index (κ3) is 1.57. The monoisotopic (exact) mass is 200 g/mol. The van der Waals surface area contributed by atoms with E-state index >= 15 is 0 Å². The number of piperazine rings is 1. The van der Waals surface area contributed by atoms with Gasteiger partial charge >= 0.3 is 6.09 Å². The first-order valence-electron chi connectivity index (χ1n) is 4.90. The summed E-state index contributed by atoms with van der Waals surface area (Å²) in [5, 5.41) is 12.4. The summed E-state index contributed by atoms with van der Waals surface area (Å²) in [4.78, 5) is 12.4. The fourth-order valence-corrected chi connectivity index (χ4v) is 2.57. The molecule has 0 unspecified atom stereocenters. The summed E-state index contributed by atoms with van der Waals surface area (Å²) in [7, 11) is 1.66. The van der Waals surface area contributed by atoms with Gasteiger partial charge in [-0.15, -0.1) is 0 Å². The van der Waals surface area contributed by atoms with Gasteiger partial charge in [0.25, 0.3) is 0 Å². The Morgan fingerprint density at radius 2 is 2.57 bits per heavy atom. The van der Waals surface area contributed by atoms with E-state index in [1.54, 1.807) is 7.11 Å². The Balaban J connectivity index is 2.08. The largest absolute Gasteiger partial charge is 0.465 e. The number of rotatable bonds is 2. The van der Waals surface area contributed by atoms with Crippen LogP contribution in [-0.4, -0.2) is 54.5 Å². The van der Waals surface area contributed by atoms with Crippen LogP contribution < -0.4 is 5.32 Å². The van der Waals surface area contributed by atoms with E-state index in [9.17, 15) is 4.79 Å². The Morgan fingerprint density at radius 3 is 3.21 bits per heavy atom. The third-order valence-electron chi connectivity index (χ3n) is 3.11. The van der Waals surface area contributed by atoms with Gasteiger partial charge in [0.1, 0.15) is 0 Å². The van der Waals surface area contributed by atoms with Crippen molar-refractivity contribution in [3.8, 4) is 0 Å². The van der Waals surface area contributed by atoms with Crippen LogP contribution in [0, 0.1) is 0 Å². The van der Waals surface area contributed by atoms with Gasteiger partial charge in [-0.3, -0.25) is 0 Å². The van der Waals surface area contributed by atoms with Crippen LogP contribution in [0.3, 0.4) is 0 Å². The maximum Gasteiger partial charge on any atom is 0.407 e. The highest BCUT2D eigenvalue weighted by Crippen LogP contribution is 2.29. The molecule has 14 heavy (non-hydrogen) atoms. The molecule has 2 fully saturated rings. The fraction of sp³-hybridized carbons (Fsp3) is 0.889. The summed E-state index contributed by atoms with van der Waals surface area (Å²) in [6, 6.07) is 0.315. The van der Waals surface area contributed by atoms with E-state index in [1.165, 1.54) is 4.90 Å². The van der Waals surface area contributed by atoms with Gasteiger partial charge in [-0.1, -0.05) is 0 Å². The topological polar surface area (TPSA) is 61.8 Å². The Morgan fingerprint density at radius 1 is 1.79 bits per heavy atom. The molecule has 5 heteroatoms. The van der Waals surface area contributed by atoms with E-state index in [0.29, 0.717) is 25.7 Å². The first-order chi connectivity index (χ1) is 6.65. The molecule has 1 amide bonds. The highest BCUT2D eigenvalue weighted by Gasteiger charge is 2.45. The summed E-state index contributed by atoms with van der Waals surface area (Å²) in [6.07, 6.45) is 1.24. The molecule has 0 aliphatic carbocycles. The highest BCUT2D eigenvalue weighted by molar-refractivity contribution is 5.65. The van der Waals surface area contributed by atoms with Crippen LogP contribution in [0.15, 0.2) is 0 Å². The minimum atomic E-state index is -0.820. The second-order valence-electron chi connectivity index (χ2n) is 4.26. The van der Waals surface area contributed by atoms with Crippen LogP contribution in [0.1, 0.15) is 12.8 Å². The van der Waals surface area contributed by atoms with Gasteiger partial charge in [0, 0.05) is 26.2 Å². The summed E-state index contributed by atoms with van der Waals surface area (Å²) >= 11 is 0. The number of carboxylic acid groups (broad SMARTS) is 1. The van der Waals surface area contributed by atoms with Crippen LogP contribution in [0.2, 0.25) is 0 Å². The predicted molar refractivity (Wildman–Crippen MR) is 50.4 cm³/mol. The maximum atomic E-state index is 10.9. The zero-order valence-corrected chi connectivity index (χ0v) is 8.32. The molecule has 80 valence electrons. The van der Waals surface area contributed by atoms with Crippen molar-refractivity contribution >= 4 is 6.09 Å². The Bertz CT molecular complexity index is 242. The molecule has 2 aliphatic rings. The molecular formula is C9H16N2O3. The standard InChI is InChI=1S/C9H16N2O3/c1-14-6-9-3-2-7(10-9)4-11(5-9)8(12)13/h7,10H,2-6H2,1H3,(H,12,13)/t7-,9+/m0/s1. The number of hydrogen-bond donors (Lipinski definition) is 2. The molecule has 0 aromatic rings. The number of amides is 1. The molecule has 2 N–H and O–H groups in total. The Labute approximate surface area is 83.0 Å². The first kappa shape index (κ1) is 9.73. The summed E-state index contributed by atoms with van der Waals surface area (Å²) < 4.78 is 5.15. The first-order valence-corrected chi connectivity index (χ1v) is 4.90. The zero-order valence-electron chi connectivity index (χ0n) is 8.32. The number of hydrogen-bond acceptors (Lipinski definition) is 3. The van der Waals surface area contributed by atoms with E-state index in [4.69, 9.17) is 9.84 Å². The zero-order chi connectivity index (χ0) is 10.2. The van der Waals surface area contributed by atoms with Gasteiger partial charge in [0.05, 0.1) is 12.1 Å². The van der Waals surface area contributed by atoms with Crippen LogP contribution in [0.4, 0.5) is 4.79 Å². The number of nitrogens with zero attached hydrogens (tertiary/aromatic N) is 1. The molecule has 2 rings (SSSR count). The minimum Gasteiger partial charge on any atom is -0.465 e. The number of carbonyl (C=O) groups is 1. The van der Waals surface area contributed by atoms with Crippen molar-refractivity contribution in [3.05, 3.63) is 0 Å². The van der Waals surface area contributed by atoms with Gasteiger partial charge in [0.2, 0.25) is 0 Å². The second kappa shape index (κ2) is 3.40. The van der Waals surface area contributed by atoms with E-state index < -0.39 is 6.09 Å². The van der Waals surface area contributed by atoms with Crippen molar-refractivity contribution in [2.75, 3.05) is 26.8 Å². The van der Waals surface area contributed by atoms with E-state index in [-0.39, 0.29) is 5.54 Å². The number of likely N-dealkylation sites (tertiary alicyclic amines) is 1. The van der Waals surface area contributed by atoms with E-state index in [0.717, 1.165) is 12.8 Å². The molecule has 2 heterocycles. The number of fused-ring (bicyclic) bond motifs is 2. The van der Waals surface area contributed by atoms with Gasteiger partial charge < -0.3 is 20.1 Å². The second-order valence-corrected chi connectivity index (χ2v) is 4.26. The lowest BCUT2D eigenvalue weighted by Gasteiger charge is -2.39. The van der Waals surface area contributed by atoms with Crippen LogP contribution in [-0.2, 0) is 4.74 Å². The average Bonchev–Trinajstić information content (AvgIpc) is 2.42. The highest BCUT2D eigenvalue weighted by atomic mass is 16.5. The molecular weight excluding hydrogens is 184 g/mol. The molecule has 5 nitrogen and oxygen atoms in total. The van der Waals surface area contributed by atoms with Gasteiger partial charge in [-0.25, -0.2) is 4.79 Å². The summed E-state index contributed by atoms with van der Waals surface area (Å²) in [5.74, 6) is 0.